The Labute approximate surface area is 99.1 Å². The summed E-state index contributed by atoms with van der Waals surface area (Å²) in [5.41, 5.74) is 1.36. The molecule has 2 aliphatic rings. The largest absolute Gasteiger partial charge is 0.296 e. The first-order valence-corrected chi connectivity index (χ1v) is 7.61. The third-order valence-corrected chi connectivity index (χ3v) is 5.20. The van der Waals surface area contributed by atoms with Crippen LogP contribution in [0.25, 0.3) is 0 Å². The molecule has 1 aromatic heterocycles. The Balaban J connectivity index is 1.78. The molecular weight excluding hydrogens is 224 g/mol. The van der Waals surface area contributed by atoms with Gasteiger partial charge in [-0.25, -0.2) is 4.98 Å². The molecule has 2 nitrogen and oxygen atoms in total. The summed E-state index contributed by atoms with van der Waals surface area (Å²) in [6, 6.07) is 0.571. The molecule has 1 unspecified atom stereocenters. The molecule has 0 aromatic carbocycles. The van der Waals surface area contributed by atoms with Crippen LogP contribution in [0.5, 0.6) is 0 Å². The van der Waals surface area contributed by atoms with Gasteiger partial charge in [0, 0.05) is 29.3 Å². The van der Waals surface area contributed by atoms with E-state index < -0.39 is 0 Å². The summed E-state index contributed by atoms with van der Waals surface area (Å²) in [5, 5.41) is 3.62. The first-order valence-electron chi connectivity index (χ1n) is 5.58. The molecule has 0 bridgehead atoms. The van der Waals surface area contributed by atoms with Crippen molar-refractivity contribution in [1.82, 2.24) is 9.88 Å². The lowest BCUT2D eigenvalue weighted by atomic mass is 10.3. The lowest BCUT2D eigenvalue weighted by molar-refractivity contribution is 0.274. The van der Waals surface area contributed by atoms with Crippen LogP contribution in [0.3, 0.4) is 0 Å². The molecule has 2 fully saturated rings. The molecule has 1 saturated heterocycles. The van der Waals surface area contributed by atoms with E-state index >= 15 is 0 Å². The fourth-order valence-corrected chi connectivity index (χ4v) is 4.36. The molecule has 4 heteroatoms. The van der Waals surface area contributed by atoms with E-state index in [9.17, 15) is 0 Å². The van der Waals surface area contributed by atoms with Gasteiger partial charge in [0.05, 0.1) is 11.7 Å². The molecule has 0 radical (unpaired) electrons. The van der Waals surface area contributed by atoms with E-state index in [-0.39, 0.29) is 0 Å². The minimum absolute atomic E-state index is 0.571. The van der Waals surface area contributed by atoms with Crippen molar-refractivity contribution < 1.29 is 0 Å². The Morgan fingerprint density at radius 1 is 1.47 bits per heavy atom. The van der Waals surface area contributed by atoms with Crippen molar-refractivity contribution in [2.24, 2.45) is 0 Å². The lowest BCUT2D eigenvalue weighted by Crippen LogP contribution is -2.32. The number of thiazole rings is 1. The summed E-state index contributed by atoms with van der Waals surface area (Å²) >= 11 is 3.92. The summed E-state index contributed by atoms with van der Waals surface area (Å²) in [5.74, 6) is 3.29. The van der Waals surface area contributed by atoms with Gasteiger partial charge < -0.3 is 0 Å². The van der Waals surface area contributed by atoms with Crippen LogP contribution in [0.4, 0.5) is 0 Å². The van der Waals surface area contributed by atoms with Gasteiger partial charge in [-0.05, 0) is 19.9 Å². The average molecular weight is 240 g/mol. The number of nitrogens with zero attached hydrogens (tertiary/aromatic N) is 2. The van der Waals surface area contributed by atoms with E-state index in [0.717, 1.165) is 5.92 Å². The maximum atomic E-state index is 4.81. The fourth-order valence-electron chi connectivity index (χ4n) is 1.97. The van der Waals surface area contributed by atoms with Gasteiger partial charge in [0.2, 0.25) is 0 Å². The predicted octanol–water partition coefficient (Wildman–Crippen LogP) is 2.74. The van der Waals surface area contributed by atoms with Gasteiger partial charge in [0.25, 0.3) is 0 Å². The minimum atomic E-state index is 0.571. The van der Waals surface area contributed by atoms with Crippen LogP contribution in [-0.4, -0.2) is 35.0 Å². The second-order valence-electron chi connectivity index (χ2n) is 4.46. The summed E-state index contributed by atoms with van der Waals surface area (Å²) in [6.45, 7) is 1.20. The van der Waals surface area contributed by atoms with Gasteiger partial charge >= 0.3 is 0 Å². The summed E-state index contributed by atoms with van der Waals surface area (Å²) in [6.07, 6.45) is 2.72. The maximum Gasteiger partial charge on any atom is 0.111 e. The van der Waals surface area contributed by atoms with Crippen LogP contribution >= 0.6 is 23.1 Å². The van der Waals surface area contributed by atoms with E-state index in [1.54, 1.807) is 0 Å². The third-order valence-electron chi connectivity index (χ3n) is 3.22. The van der Waals surface area contributed by atoms with Crippen molar-refractivity contribution in [3.63, 3.8) is 0 Å². The van der Waals surface area contributed by atoms with Crippen LogP contribution in [-0.2, 0) is 0 Å². The van der Waals surface area contributed by atoms with E-state index in [0.29, 0.717) is 6.04 Å². The highest BCUT2D eigenvalue weighted by atomic mass is 32.2. The van der Waals surface area contributed by atoms with Crippen molar-refractivity contribution >= 4 is 23.1 Å². The Bertz CT molecular complexity index is 346. The van der Waals surface area contributed by atoms with Gasteiger partial charge in [0.15, 0.2) is 0 Å². The Morgan fingerprint density at radius 3 is 3.07 bits per heavy atom. The number of hydrogen-bond acceptors (Lipinski definition) is 4. The van der Waals surface area contributed by atoms with Crippen molar-refractivity contribution in [1.29, 1.82) is 0 Å². The maximum absolute atomic E-state index is 4.81. The zero-order valence-electron chi connectivity index (χ0n) is 8.98. The molecule has 0 spiro atoms. The van der Waals surface area contributed by atoms with E-state index in [4.69, 9.17) is 4.98 Å². The molecule has 2 heterocycles. The normalized spacial score (nSPS) is 28.2. The molecule has 3 rings (SSSR count). The van der Waals surface area contributed by atoms with Crippen LogP contribution in [0, 0.1) is 0 Å². The Kier molecular flexibility index (Phi) is 2.75. The van der Waals surface area contributed by atoms with Crippen LogP contribution < -0.4 is 0 Å². The van der Waals surface area contributed by atoms with E-state index in [2.05, 4.69) is 29.1 Å². The molecule has 1 saturated carbocycles. The van der Waals surface area contributed by atoms with E-state index in [1.165, 1.54) is 41.6 Å². The summed E-state index contributed by atoms with van der Waals surface area (Å²) in [7, 11) is 2.22. The zero-order chi connectivity index (χ0) is 10.3. The smallest absolute Gasteiger partial charge is 0.111 e. The zero-order valence-corrected chi connectivity index (χ0v) is 10.6. The van der Waals surface area contributed by atoms with Crippen molar-refractivity contribution in [2.45, 2.75) is 24.8 Å². The van der Waals surface area contributed by atoms with Gasteiger partial charge in [-0.2, -0.15) is 11.8 Å². The molecule has 1 aromatic rings. The van der Waals surface area contributed by atoms with Gasteiger partial charge in [-0.3, -0.25) is 4.90 Å². The van der Waals surface area contributed by atoms with Gasteiger partial charge in [0.1, 0.15) is 5.01 Å². The topological polar surface area (TPSA) is 16.1 Å². The SMILES string of the molecule is CN1CCSCC1c1nc(C2CC2)cs1. The quantitative estimate of drug-likeness (QED) is 0.791. The molecule has 1 atom stereocenters. The second kappa shape index (κ2) is 4.07. The lowest BCUT2D eigenvalue weighted by Gasteiger charge is -2.30. The standard InChI is InChI=1S/C11H16N2S2/c1-13-4-5-14-7-10(13)11-12-9(6-15-11)8-2-3-8/h6,8,10H,2-5,7H2,1H3. The number of aromatic nitrogens is 1. The average Bonchev–Trinajstić information content (AvgIpc) is 2.99. The monoisotopic (exact) mass is 240 g/mol. The predicted molar refractivity (Wildman–Crippen MR) is 66.8 cm³/mol. The van der Waals surface area contributed by atoms with Crippen LogP contribution in [0.15, 0.2) is 5.38 Å². The summed E-state index contributed by atoms with van der Waals surface area (Å²) < 4.78 is 0. The molecule has 1 aliphatic heterocycles. The second-order valence-corrected chi connectivity index (χ2v) is 6.50. The highest BCUT2D eigenvalue weighted by Gasteiger charge is 2.29. The number of rotatable bonds is 2. The van der Waals surface area contributed by atoms with Gasteiger partial charge in [-0.15, -0.1) is 11.3 Å². The van der Waals surface area contributed by atoms with Gasteiger partial charge in [-0.1, -0.05) is 0 Å². The van der Waals surface area contributed by atoms with Crippen molar-refractivity contribution in [3.05, 3.63) is 16.1 Å². The highest BCUT2D eigenvalue weighted by molar-refractivity contribution is 7.99. The number of hydrogen-bond donors (Lipinski definition) is 0. The first-order chi connectivity index (χ1) is 7.34. The van der Waals surface area contributed by atoms with E-state index in [1.807, 2.05) is 11.3 Å². The number of thioether (sulfide) groups is 1. The highest BCUT2D eigenvalue weighted by Crippen LogP contribution is 2.41. The summed E-state index contributed by atoms with van der Waals surface area (Å²) in [4.78, 5) is 7.26. The fraction of sp³-hybridized carbons (Fsp3) is 0.727. The molecule has 15 heavy (non-hydrogen) atoms. The molecular formula is C11H16N2S2. The van der Waals surface area contributed by atoms with Crippen molar-refractivity contribution in [2.75, 3.05) is 25.1 Å². The first kappa shape index (κ1) is 10.1. The Morgan fingerprint density at radius 2 is 2.33 bits per heavy atom. The van der Waals surface area contributed by atoms with Crippen molar-refractivity contribution in [3.8, 4) is 0 Å². The molecule has 0 N–H and O–H groups in total. The molecule has 82 valence electrons. The van der Waals surface area contributed by atoms with Crippen LogP contribution in [0.1, 0.15) is 35.5 Å². The minimum Gasteiger partial charge on any atom is -0.296 e. The third kappa shape index (κ3) is 2.08. The molecule has 1 aliphatic carbocycles. The molecule has 0 amide bonds. The van der Waals surface area contributed by atoms with Crippen LogP contribution in [0.2, 0.25) is 0 Å². The Hall–Kier alpha value is -0.0600.